The molecule has 1 aromatic rings. The molecular weight excluding hydrogens is 152 g/mol. The van der Waals surface area contributed by atoms with E-state index >= 15 is 0 Å². The Morgan fingerprint density at radius 2 is 2.25 bits per heavy atom. The van der Waals surface area contributed by atoms with Crippen molar-refractivity contribution in [2.75, 3.05) is 0 Å². The molecule has 0 saturated heterocycles. The zero-order chi connectivity index (χ0) is 9.14. The van der Waals surface area contributed by atoms with Crippen LogP contribution < -0.4 is 5.56 Å². The van der Waals surface area contributed by atoms with E-state index in [0.717, 1.165) is 18.7 Å². The largest absolute Gasteiger partial charge is 0.300 e. The number of hydrogen-bond acceptors (Lipinski definition) is 1. The molecule has 0 unspecified atom stereocenters. The van der Waals surface area contributed by atoms with E-state index in [-0.39, 0.29) is 5.56 Å². The van der Waals surface area contributed by atoms with Crippen molar-refractivity contribution in [3.05, 3.63) is 22.1 Å². The van der Waals surface area contributed by atoms with Gasteiger partial charge in [0, 0.05) is 18.3 Å². The monoisotopic (exact) mass is 168 g/mol. The van der Waals surface area contributed by atoms with E-state index in [1.54, 1.807) is 10.7 Å². The number of aryl methyl sites for hydroxylation is 1. The summed E-state index contributed by atoms with van der Waals surface area (Å²) in [5.41, 5.74) is 1.10. The maximum absolute atomic E-state index is 11.3. The number of aromatic nitrogens is 2. The minimum atomic E-state index is 0.0838. The summed E-state index contributed by atoms with van der Waals surface area (Å²) in [6.45, 7) is 7.00. The van der Waals surface area contributed by atoms with Crippen LogP contribution in [0, 0.1) is 5.92 Å². The normalized spacial score (nSPS) is 11.0. The smallest absolute Gasteiger partial charge is 0.266 e. The Morgan fingerprint density at radius 3 is 2.67 bits per heavy atom. The third kappa shape index (κ3) is 2.00. The number of nitrogens with zero attached hydrogens (tertiary/aromatic N) is 1. The second-order valence-electron chi connectivity index (χ2n) is 3.48. The predicted molar refractivity (Wildman–Crippen MR) is 49.3 cm³/mol. The van der Waals surface area contributed by atoms with Crippen molar-refractivity contribution in [2.45, 2.75) is 33.7 Å². The zero-order valence-electron chi connectivity index (χ0n) is 7.92. The molecule has 12 heavy (non-hydrogen) atoms. The van der Waals surface area contributed by atoms with Gasteiger partial charge in [0.15, 0.2) is 0 Å². The fraction of sp³-hybridized carbons (Fsp3) is 0.667. The Balaban J connectivity index is 2.85. The van der Waals surface area contributed by atoms with Gasteiger partial charge in [-0.3, -0.25) is 14.6 Å². The van der Waals surface area contributed by atoms with Crippen LogP contribution in [0.15, 0.2) is 10.9 Å². The van der Waals surface area contributed by atoms with Gasteiger partial charge in [-0.05, 0) is 12.3 Å². The highest BCUT2D eigenvalue weighted by Crippen LogP contribution is 1.96. The van der Waals surface area contributed by atoms with E-state index in [0.29, 0.717) is 5.92 Å². The second-order valence-corrected chi connectivity index (χ2v) is 3.48. The SMILES string of the molecule is CCc1cc(=O)n(CC(C)C)[nH]1. The van der Waals surface area contributed by atoms with E-state index in [4.69, 9.17) is 0 Å². The fourth-order valence-electron chi connectivity index (χ4n) is 1.17. The van der Waals surface area contributed by atoms with Crippen LogP contribution in [0.4, 0.5) is 0 Å². The van der Waals surface area contributed by atoms with Crippen LogP contribution in [0.3, 0.4) is 0 Å². The lowest BCUT2D eigenvalue weighted by molar-refractivity contribution is 0.470. The van der Waals surface area contributed by atoms with Gasteiger partial charge in [-0.25, -0.2) is 0 Å². The lowest BCUT2D eigenvalue weighted by Gasteiger charge is -2.04. The van der Waals surface area contributed by atoms with Crippen LogP contribution >= 0.6 is 0 Å². The van der Waals surface area contributed by atoms with Crippen molar-refractivity contribution >= 4 is 0 Å². The molecular formula is C9H16N2O. The second kappa shape index (κ2) is 3.61. The predicted octanol–water partition coefficient (Wildman–Crippen LogP) is 1.39. The minimum absolute atomic E-state index is 0.0838. The topological polar surface area (TPSA) is 37.8 Å². The van der Waals surface area contributed by atoms with Gasteiger partial charge in [0.05, 0.1) is 0 Å². The first kappa shape index (κ1) is 9.10. The lowest BCUT2D eigenvalue weighted by atomic mass is 10.2. The summed E-state index contributed by atoms with van der Waals surface area (Å²) in [7, 11) is 0. The number of H-pyrrole nitrogens is 1. The summed E-state index contributed by atoms with van der Waals surface area (Å²) >= 11 is 0. The molecule has 0 aliphatic rings. The Bertz CT molecular complexity index is 296. The van der Waals surface area contributed by atoms with Gasteiger partial charge in [-0.1, -0.05) is 20.8 Å². The molecule has 3 heteroatoms. The van der Waals surface area contributed by atoms with Crippen molar-refractivity contribution < 1.29 is 0 Å². The van der Waals surface area contributed by atoms with E-state index in [9.17, 15) is 4.79 Å². The Labute approximate surface area is 72.4 Å². The molecule has 1 N–H and O–H groups in total. The van der Waals surface area contributed by atoms with Gasteiger partial charge in [0.1, 0.15) is 0 Å². The Kier molecular flexibility index (Phi) is 2.74. The van der Waals surface area contributed by atoms with E-state index in [1.807, 2.05) is 6.92 Å². The minimum Gasteiger partial charge on any atom is -0.300 e. The molecule has 0 saturated carbocycles. The first-order chi connectivity index (χ1) is 5.63. The molecule has 0 spiro atoms. The van der Waals surface area contributed by atoms with Crippen LogP contribution in [0.25, 0.3) is 0 Å². The maximum Gasteiger partial charge on any atom is 0.266 e. The number of aromatic amines is 1. The van der Waals surface area contributed by atoms with Gasteiger partial charge in [0.25, 0.3) is 5.56 Å². The van der Waals surface area contributed by atoms with E-state index in [2.05, 4.69) is 18.9 Å². The third-order valence-corrected chi connectivity index (χ3v) is 1.77. The molecule has 68 valence electrons. The van der Waals surface area contributed by atoms with Gasteiger partial charge < -0.3 is 0 Å². The standard InChI is InChI=1S/C9H16N2O/c1-4-8-5-9(12)11(10-8)6-7(2)3/h5,7,10H,4,6H2,1-3H3. The van der Waals surface area contributed by atoms with E-state index < -0.39 is 0 Å². The molecule has 0 amide bonds. The van der Waals surface area contributed by atoms with Gasteiger partial charge >= 0.3 is 0 Å². The first-order valence-electron chi connectivity index (χ1n) is 4.42. The summed E-state index contributed by atoms with van der Waals surface area (Å²) in [4.78, 5) is 11.3. The Morgan fingerprint density at radius 1 is 1.58 bits per heavy atom. The molecule has 1 rings (SSSR count). The summed E-state index contributed by atoms with van der Waals surface area (Å²) in [6, 6.07) is 1.67. The molecule has 1 heterocycles. The molecule has 0 atom stereocenters. The van der Waals surface area contributed by atoms with Crippen molar-refractivity contribution in [1.82, 2.24) is 9.78 Å². The lowest BCUT2D eigenvalue weighted by Crippen LogP contribution is -2.18. The fourth-order valence-corrected chi connectivity index (χ4v) is 1.17. The summed E-state index contributed by atoms with van der Waals surface area (Å²) in [6.07, 6.45) is 0.889. The first-order valence-corrected chi connectivity index (χ1v) is 4.42. The van der Waals surface area contributed by atoms with Crippen molar-refractivity contribution in [2.24, 2.45) is 5.92 Å². The summed E-state index contributed by atoms with van der Waals surface area (Å²) < 4.78 is 1.67. The zero-order valence-corrected chi connectivity index (χ0v) is 7.92. The molecule has 0 aliphatic carbocycles. The third-order valence-electron chi connectivity index (χ3n) is 1.77. The summed E-state index contributed by atoms with van der Waals surface area (Å²) in [5.74, 6) is 0.506. The molecule has 0 aliphatic heterocycles. The van der Waals surface area contributed by atoms with Crippen LogP contribution in [0.2, 0.25) is 0 Å². The molecule has 3 nitrogen and oxygen atoms in total. The van der Waals surface area contributed by atoms with Crippen molar-refractivity contribution in [3.8, 4) is 0 Å². The molecule has 0 aromatic carbocycles. The van der Waals surface area contributed by atoms with Crippen LogP contribution in [-0.2, 0) is 13.0 Å². The average Bonchev–Trinajstić information content (AvgIpc) is 2.31. The van der Waals surface area contributed by atoms with E-state index in [1.165, 1.54) is 0 Å². The molecule has 0 radical (unpaired) electrons. The highest BCUT2D eigenvalue weighted by atomic mass is 16.1. The highest BCUT2D eigenvalue weighted by molar-refractivity contribution is 4.98. The molecule has 0 bridgehead atoms. The van der Waals surface area contributed by atoms with Crippen LogP contribution in [0.5, 0.6) is 0 Å². The van der Waals surface area contributed by atoms with Crippen molar-refractivity contribution in [3.63, 3.8) is 0 Å². The summed E-state index contributed by atoms with van der Waals surface area (Å²) in [5, 5.41) is 3.07. The van der Waals surface area contributed by atoms with Crippen LogP contribution in [-0.4, -0.2) is 9.78 Å². The average molecular weight is 168 g/mol. The van der Waals surface area contributed by atoms with Gasteiger partial charge in [-0.15, -0.1) is 0 Å². The molecule has 0 fully saturated rings. The number of rotatable bonds is 3. The molecule has 1 aromatic heterocycles. The van der Waals surface area contributed by atoms with Crippen LogP contribution in [0.1, 0.15) is 26.5 Å². The highest BCUT2D eigenvalue weighted by Gasteiger charge is 2.02. The van der Waals surface area contributed by atoms with Gasteiger partial charge in [-0.2, -0.15) is 0 Å². The number of hydrogen-bond donors (Lipinski definition) is 1. The van der Waals surface area contributed by atoms with Crippen molar-refractivity contribution in [1.29, 1.82) is 0 Å². The Hall–Kier alpha value is -0.990. The maximum atomic E-state index is 11.3. The quantitative estimate of drug-likeness (QED) is 0.727. The number of nitrogens with one attached hydrogen (secondary N) is 1. The van der Waals surface area contributed by atoms with Gasteiger partial charge in [0.2, 0.25) is 0 Å².